The van der Waals surface area contributed by atoms with E-state index in [0.717, 1.165) is 22.2 Å². The van der Waals surface area contributed by atoms with Crippen LogP contribution in [-0.2, 0) is 16.2 Å². The fourth-order valence-electron chi connectivity index (χ4n) is 4.20. The molecule has 3 aromatic carbocycles. The van der Waals surface area contributed by atoms with Crippen molar-refractivity contribution in [3.8, 4) is 23.0 Å². The van der Waals surface area contributed by atoms with Gasteiger partial charge in [-0.25, -0.2) is 0 Å². The Hall–Kier alpha value is -4.56. The second kappa shape index (κ2) is 13.2. The maximum absolute atomic E-state index is 13.1. The molecule has 0 saturated carbocycles. The van der Waals surface area contributed by atoms with Crippen LogP contribution >= 0.6 is 27.7 Å². The summed E-state index contributed by atoms with van der Waals surface area (Å²) in [5.74, 6) is 0.724. The van der Waals surface area contributed by atoms with Gasteiger partial charge in [0.2, 0.25) is 5.91 Å². The van der Waals surface area contributed by atoms with Crippen LogP contribution in [0.15, 0.2) is 64.0 Å². The average molecular weight is 670 g/mol. The Morgan fingerprint density at radius 1 is 1.09 bits per heavy atom. The van der Waals surface area contributed by atoms with Gasteiger partial charge in [0.1, 0.15) is 26.4 Å². The molecule has 1 N–H and O–H groups in total. The second-order valence-corrected chi connectivity index (χ2v) is 11.0. The summed E-state index contributed by atoms with van der Waals surface area (Å²) < 4.78 is 23.2. The van der Waals surface area contributed by atoms with E-state index in [9.17, 15) is 24.5 Å². The molecular weight excluding hydrogens is 646 g/mol. The van der Waals surface area contributed by atoms with Crippen molar-refractivity contribution in [1.82, 2.24) is 4.90 Å². The smallest absolute Gasteiger partial charge is 0.294 e. The van der Waals surface area contributed by atoms with E-state index in [1.165, 1.54) is 18.2 Å². The number of fused-ring (bicyclic) bond motifs is 1. The number of carbonyl (C=O) groups excluding carboxylic acids is 3. The first-order valence-corrected chi connectivity index (χ1v) is 14.6. The molecule has 12 nitrogen and oxygen atoms in total. The molecule has 2 aliphatic heterocycles. The van der Waals surface area contributed by atoms with Crippen LogP contribution in [0.1, 0.15) is 18.1 Å². The molecule has 0 spiro atoms. The Bertz CT molecular complexity index is 1630. The lowest BCUT2D eigenvalue weighted by molar-refractivity contribution is -0.384. The molecule has 0 aromatic heterocycles. The van der Waals surface area contributed by atoms with Crippen molar-refractivity contribution in [2.45, 2.75) is 13.5 Å². The van der Waals surface area contributed by atoms with Gasteiger partial charge in [0.15, 0.2) is 23.0 Å². The van der Waals surface area contributed by atoms with Gasteiger partial charge < -0.3 is 24.3 Å². The molecule has 222 valence electrons. The van der Waals surface area contributed by atoms with Gasteiger partial charge >= 0.3 is 0 Å². The number of halogens is 1. The molecule has 5 rings (SSSR count). The molecule has 0 bridgehead atoms. The van der Waals surface area contributed by atoms with Crippen LogP contribution in [0.2, 0.25) is 0 Å². The van der Waals surface area contributed by atoms with Crippen LogP contribution in [0, 0.1) is 10.1 Å². The van der Waals surface area contributed by atoms with Crippen LogP contribution in [0.4, 0.5) is 16.2 Å². The summed E-state index contributed by atoms with van der Waals surface area (Å²) in [6.45, 7) is 2.65. The number of rotatable bonds is 10. The van der Waals surface area contributed by atoms with Gasteiger partial charge in [0, 0.05) is 23.9 Å². The Morgan fingerprint density at radius 3 is 2.56 bits per heavy atom. The lowest BCUT2D eigenvalue weighted by Crippen LogP contribution is -2.36. The van der Waals surface area contributed by atoms with Crippen molar-refractivity contribution < 1.29 is 38.3 Å². The number of hydrogen-bond donors (Lipinski definition) is 1. The number of benzene rings is 3. The minimum atomic E-state index is -0.597. The maximum atomic E-state index is 13.1. The van der Waals surface area contributed by atoms with E-state index in [-0.39, 0.29) is 17.2 Å². The van der Waals surface area contributed by atoms with E-state index in [1.54, 1.807) is 42.5 Å². The quantitative estimate of drug-likeness (QED) is 0.160. The standard InChI is InChI=1S/C29H24BrN3O9S/c1-2-39-24-12-18(11-21(30)27(24)42-16-17-3-6-20(7-4-17)33(37)38)13-25-28(35)32(29(36)43-25)15-26(34)31-19-5-8-22-23(14-19)41-10-9-40-22/h3-8,11-14H,2,9-10,15-16H2,1H3,(H,31,34)/b25-13+. The van der Waals surface area contributed by atoms with Crippen molar-refractivity contribution in [1.29, 1.82) is 0 Å². The number of amides is 3. The van der Waals surface area contributed by atoms with Crippen molar-refractivity contribution in [2.24, 2.45) is 0 Å². The van der Waals surface area contributed by atoms with Crippen molar-refractivity contribution in [2.75, 3.05) is 31.7 Å². The highest BCUT2D eigenvalue weighted by Gasteiger charge is 2.36. The zero-order valence-corrected chi connectivity index (χ0v) is 25.1. The van der Waals surface area contributed by atoms with Crippen molar-refractivity contribution in [3.63, 3.8) is 0 Å². The molecule has 1 saturated heterocycles. The SMILES string of the molecule is CCOc1cc(/C=C2/SC(=O)N(CC(=O)Nc3ccc4c(c3)OCCO4)C2=O)cc(Br)c1OCc1ccc([N+](=O)[O-])cc1. The van der Waals surface area contributed by atoms with Crippen LogP contribution in [-0.4, -0.2) is 53.2 Å². The molecule has 43 heavy (non-hydrogen) atoms. The first-order valence-electron chi connectivity index (χ1n) is 13.0. The van der Waals surface area contributed by atoms with Gasteiger partial charge in [-0.05, 0) is 88.2 Å². The number of non-ortho nitro benzene ring substituents is 1. The molecule has 3 amide bonds. The van der Waals surface area contributed by atoms with E-state index in [4.69, 9.17) is 18.9 Å². The molecular formula is C29H24BrN3O9S. The summed E-state index contributed by atoms with van der Waals surface area (Å²) in [4.78, 5) is 49.9. The van der Waals surface area contributed by atoms with Crippen molar-refractivity contribution in [3.05, 3.63) is 85.2 Å². The summed E-state index contributed by atoms with van der Waals surface area (Å²) in [7, 11) is 0. The summed E-state index contributed by atoms with van der Waals surface area (Å²) in [6.07, 6.45) is 1.54. The number of nitrogens with one attached hydrogen (secondary N) is 1. The van der Waals surface area contributed by atoms with Crippen molar-refractivity contribution >= 4 is 62.2 Å². The zero-order chi connectivity index (χ0) is 30.5. The van der Waals surface area contributed by atoms with E-state index in [2.05, 4.69) is 21.2 Å². The van der Waals surface area contributed by atoms with Crippen LogP contribution in [0.25, 0.3) is 6.08 Å². The fourth-order valence-corrected chi connectivity index (χ4v) is 5.61. The first kappa shape index (κ1) is 29.9. The predicted octanol–water partition coefficient (Wildman–Crippen LogP) is 5.78. The summed E-state index contributed by atoms with van der Waals surface area (Å²) >= 11 is 4.22. The number of thioether (sulfide) groups is 1. The summed E-state index contributed by atoms with van der Waals surface area (Å²) in [6, 6.07) is 14.3. The zero-order valence-electron chi connectivity index (χ0n) is 22.7. The lowest BCUT2D eigenvalue weighted by Gasteiger charge is -2.19. The van der Waals surface area contributed by atoms with E-state index in [1.807, 2.05) is 6.92 Å². The minimum absolute atomic E-state index is 0.0191. The molecule has 1 fully saturated rings. The molecule has 2 heterocycles. The van der Waals surface area contributed by atoms with Gasteiger partial charge in [-0.2, -0.15) is 0 Å². The average Bonchev–Trinajstić information content (AvgIpc) is 3.24. The highest BCUT2D eigenvalue weighted by Crippen LogP contribution is 2.40. The fraction of sp³-hybridized carbons (Fsp3) is 0.207. The Balaban J connectivity index is 1.26. The monoisotopic (exact) mass is 669 g/mol. The van der Waals surface area contributed by atoms with Gasteiger partial charge in [-0.1, -0.05) is 0 Å². The Labute approximate surface area is 258 Å². The topological polar surface area (TPSA) is 147 Å². The summed E-state index contributed by atoms with van der Waals surface area (Å²) in [5.41, 5.74) is 1.70. The van der Waals surface area contributed by atoms with E-state index < -0.39 is 28.5 Å². The van der Waals surface area contributed by atoms with E-state index in [0.29, 0.717) is 58.5 Å². The van der Waals surface area contributed by atoms with Gasteiger partial charge in [-0.3, -0.25) is 29.4 Å². The number of carbonyl (C=O) groups is 3. The molecule has 0 unspecified atom stereocenters. The second-order valence-electron chi connectivity index (χ2n) is 9.15. The van der Waals surface area contributed by atoms with Gasteiger partial charge in [-0.15, -0.1) is 0 Å². The van der Waals surface area contributed by atoms with Gasteiger partial charge in [0.25, 0.3) is 16.8 Å². The number of imide groups is 1. The molecule has 0 radical (unpaired) electrons. The number of nitro groups is 1. The van der Waals surface area contributed by atoms with Crippen LogP contribution in [0.5, 0.6) is 23.0 Å². The first-order chi connectivity index (χ1) is 20.7. The number of anilines is 1. The lowest BCUT2D eigenvalue weighted by atomic mass is 10.1. The Morgan fingerprint density at radius 2 is 1.84 bits per heavy atom. The minimum Gasteiger partial charge on any atom is -0.490 e. The van der Waals surface area contributed by atoms with Crippen LogP contribution in [0.3, 0.4) is 0 Å². The predicted molar refractivity (Wildman–Crippen MR) is 161 cm³/mol. The van der Waals surface area contributed by atoms with Gasteiger partial charge in [0.05, 0.1) is 20.9 Å². The Kier molecular flexibility index (Phi) is 9.16. The third-order valence-corrected chi connectivity index (χ3v) is 7.66. The van der Waals surface area contributed by atoms with E-state index >= 15 is 0 Å². The molecule has 3 aromatic rings. The third kappa shape index (κ3) is 7.09. The highest BCUT2D eigenvalue weighted by atomic mass is 79.9. The number of nitro benzene ring substituents is 1. The molecule has 0 atom stereocenters. The molecule has 2 aliphatic rings. The molecule has 0 aliphatic carbocycles. The van der Waals surface area contributed by atoms with Crippen LogP contribution < -0.4 is 24.3 Å². The number of ether oxygens (including phenoxy) is 4. The molecule has 14 heteroatoms. The normalized spacial score (nSPS) is 15.0. The third-order valence-electron chi connectivity index (χ3n) is 6.16. The maximum Gasteiger partial charge on any atom is 0.294 e. The number of hydrogen-bond acceptors (Lipinski definition) is 10. The highest BCUT2D eigenvalue weighted by molar-refractivity contribution is 9.10. The number of nitrogens with zero attached hydrogens (tertiary/aromatic N) is 2. The summed E-state index contributed by atoms with van der Waals surface area (Å²) in [5, 5.41) is 13.0. The largest absolute Gasteiger partial charge is 0.490 e.